The molecule has 0 aliphatic heterocycles. The van der Waals surface area contributed by atoms with Gasteiger partial charge >= 0.3 is 0 Å². The van der Waals surface area contributed by atoms with Gasteiger partial charge in [0.15, 0.2) is 5.82 Å². The molecule has 6 heteroatoms. The monoisotopic (exact) mass is 391 g/mol. The van der Waals surface area contributed by atoms with Crippen LogP contribution in [0.5, 0.6) is 0 Å². The first-order chi connectivity index (χ1) is 12.6. The highest BCUT2D eigenvalue weighted by Crippen LogP contribution is 2.32. The Balaban J connectivity index is 1.68. The number of nitrogens with one attached hydrogen (secondary N) is 1. The minimum atomic E-state index is -0.154. The molecule has 1 aromatic heterocycles. The van der Waals surface area contributed by atoms with Crippen molar-refractivity contribution in [3.05, 3.63) is 39.5 Å². The maximum atomic E-state index is 9.75. The Morgan fingerprint density at radius 3 is 2.50 bits per heavy atom. The molecule has 0 saturated heterocycles. The molecule has 26 heavy (non-hydrogen) atoms. The highest BCUT2D eigenvalue weighted by Gasteiger charge is 2.23. The molecule has 2 aromatic rings. The molecule has 1 fully saturated rings. The highest BCUT2D eigenvalue weighted by atomic mass is 35.5. The lowest BCUT2D eigenvalue weighted by molar-refractivity contribution is 0.126. The van der Waals surface area contributed by atoms with Crippen LogP contribution in [0.15, 0.2) is 18.2 Å². The predicted molar refractivity (Wildman–Crippen MR) is 106 cm³/mol. The third kappa shape index (κ3) is 3.83. The van der Waals surface area contributed by atoms with Gasteiger partial charge in [-0.15, -0.1) is 0 Å². The fourth-order valence-electron chi connectivity index (χ4n) is 3.89. The van der Waals surface area contributed by atoms with Crippen molar-refractivity contribution in [1.29, 1.82) is 0 Å². The SMILES string of the molecule is OC1CCC(Nc2nc(-c3ccc(Cl)c(Cl)c3)nc3c2CCCC3)CC1. The summed E-state index contributed by atoms with van der Waals surface area (Å²) in [6.45, 7) is 0. The third-order valence-electron chi connectivity index (χ3n) is 5.40. The van der Waals surface area contributed by atoms with Gasteiger partial charge in [0.2, 0.25) is 0 Å². The number of nitrogens with zero attached hydrogens (tertiary/aromatic N) is 2. The van der Waals surface area contributed by atoms with E-state index in [0.717, 1.165) is 55.6 Å². The van der Waals surface area contributed by atoms with Crippen molar-refractivity contribution in [3.8, 4) is 11.4 Å². The second-order valence-corrected chi connectivity index (χ2v) is 8.12. The first kappa shape index (κ1) is 18.0. The number of hydrogen-bond acceptors (Lipinski definition) is 4. The first-order valence-corrected chi connectivity index (χ1v) is 10.2. The highest BCUT2D eigenvalue weighted by molar-refractivity contribution is 6.42. The minimum Gasteiger partial charge on any atom is -0.393 e. The summed E-state index contributed by atoms with van der Waals surface area (Å²) in [5, 5.41) is 14.4. The Morgan fingerprint density at radius 1 is 0.962 bits per heavy atom. The van der Waals surface area contributed by atoms with E-state index in [1.54, 1.807) is 6.07 Å². The molecule has 1 heterocycles. The average Bonchev–Trinajstić information content (AvgIpc) is 2.66. The van der Waals surface area contributed by atoms with Crippen LogP contribution in [-0.2, 0) is 12.8 Å². The van der Waals surface area contributed by atoms with Crippen LogP contribution in [0.1, 0.15) is 49.8 Å². The maximum absolute atomic E-state index is 9.75. The van der Waals surface area contributed by atoms with Crippen LogP contribution in [0.4, 0.5) is 5.82 Å². The molecule has 0 atom stereocenters. The molecule has 2 aliphatic rings. The number of fused-ring (bicyclic) bond motifs is 1. The Hall–Kier alpha value is -1.36. The average molecular weight is 392 g/mol. The first-order valence-electron chi connectivity index (χ1n) is 9.40. The summed E-state index contributed by atoms with van der Waals surface area (Å²) in [6.07, 6.45) is 7.86. The van der Waals surface area contributed by atoms with Crippen molar-refractivity contribution in [2.45, 2.75) is 63.5 Å². The zero-order valence-corrected chi connectivity index (χ0v) is 16.2. The molecule has 2 N–H and O–H groups in total. The maximum Gasteiger partial charge on any atom is 0.161 e. The molecule has 138 valence electrons. The zero-order chi connectivity index (χ0) is 18.1. The van der Waals surface area contributed by atoms with E-state index < -0.39 is 0 Å². The van der Waals surface area contributed by atoms with Crippen LogP contribution in [-0.4, -0.2) is 27.2 Å². The van der Waals surface area contributed by atoms with Crippen molar-refractivity contribution in [1.82, 2.24) is 9.97 Å². The smallest absolute Gasteiger partial charge is 0.161 e. The molecule has 1 saturated carbocycles. The van der Waals surface area contributed by atoms with Gasteiger partial charge in [0, 0.05) is 22.9 Å². The Bertz CT molecular complexity index is 804. The van der Waals surface area contributed by atoms with Crippen LogP contribution < -0.4 is 5.32 Å². The molecule has 0 unspecified atom stereocenters. The number of aliphatic hydroxyl groups is 1. The lowest BCUT2D eigenvalue weighted by atomic mass is 9.92. The molecular formula is C20H23Cl2N3O. The van der Waals surface area contributed by atoms with Crippen molar-refractivity contribution in [3.63, 3.8) is 0 Å². The Labute approximate surface area is 164 Å². The summed E-state index contributed by atoms with van der Waals surface area (Å²) in [5.74, 6) is 1.65. The molecule has 4 nitrogen and oxygen atoms in total. The Morgan fingerprint density at radius 2 is 1.73 bits per heavy atom. The van der Waals surface area contributed by atoms with Gasteiger partial charge in [-0.1, -0.05) is 23.2 Å². The fraction of sp³-hybridized carbons (Fsp3) is 0.500. The lowest BCUT2D eigenvalue weighted by Gasteiger charge is -2.28. The van der Waals surface area contributed by atoms with Gasteiger partial charge < -0.3 is 10.4 Å². The predicted octanol–water partition coefficient (Wildman–Crippen LogP) is 5.04. The number of aliphatic hydroxyl groups excluding tert-OH is 1. The van der Waals surface area contributed by atoms with Crippen molar-refractivity contribution < 1.29 is 5.11 Å². The molecule has 4 rings (SSSR count). The number of aryl methyl sites for hydroxylation is 1. The van der Waals surface area contributed by atoms with Gasteiger partial charge in [-0.2, -0.15) is 0 Å². The van der Waals surface area contributed by atoms with Crippen molar-refractivity contribution in [2.75, 3.05) is 5.32 Å². The number of hydrogen-bond donors (Lipinski definition) is 2. The normalized spacial score (nSPS) is 22.7. The van der Waals surface area contributed by atoms with Gasteiger partial charge in [-0.3, -0.25) is 0 Å². The van der Waals surface area contributed by atoms with E-state index >= 15 is 0 Å². The zero-order valence-electron chi connectivity index (χ0n) is 14.6. The van der Waals surface area contributed by atoms with E-state index in [4.69, 9.17) is 33.2 Å². The summed E-state index contributed by atoms with van der Waals surface area (Å²) in [7, 11) is 0. The second-order valence-electron chi connectivity index (χ2n) is 7.31. The minimum absolute atomic E-state index is 0.154. The van der Waals surface area contributed by atoms with E-state index in [2.05, 4.69) is 5.32 Å². The van der Waals surface area contributed by atoms with E-state index in [1.807, 2.05) is 12.1 Å². The summed E-state index contributed by atoms with van der Waals surface area (Å²) in [4.78, 5) is 9.68. The number of halogens is 2. The van der Waals surface area contributed by atoms with Gasteiger partial charge in [-0.05, 0) is 69.6 Å². The van der Waals surface area contributed by atoms with Crippen LogP contribution in [0.2, 0.25) is 10.0 Å². The van der Waals surface area contributed by atoms with Crippen LogP contribution in [0.3, 0.4) is 0 Å². The summed E-state index contributed by atoms with van der Waals surface area (Å²) < 4.78 is 0. The molecule has 0 radical (unpaired) electrons. The largest absolute Gasteiger partial charge is 0.393 e. The lowest BCUT2D eigenvalue weighted by Crippen LogP contribution is -2.29. The third-order valence-corrected chi connectivity index (χ3v) is 6.14. The van der Waals surface area contributed by atoms with E-state index in [-0.39, 0.29) is 6.10 Å². The molecule has 0 amide bonds. The van der Waals surface area contributed by atoms with Crippen molar-refractivity contribution in [2.24, 2.45) is 0 Å². The van der Waals surface area contributed by atoms with Gasteiger partial charge in [0.1, 0.15) is 5.82 Å². The van der Waals surface area contributed by atoms with Crippen LogP contribution >= 0.6 is 23.2 Å². The van der Waals surface area contributed by atoms with E-state index in [9.17, 15) is 5.11 Å². The fourth-order valence-corrected chi connectivity index (χ4v) is 4.19. The van der Waals surface area contributed by atoms with E-state index in [1.165, 1.54) is 18.4 Å². The number of rotatable bonds is 3. The molecule has 0 bridgehead atoms. The quantitative estimate of drug-likeness (QED) is 0.768. The van der Waals surface area contributed by atoms with Crippen molar-refractivity contribution >= 4 is 29.0 Å². The molecular weight excluding hydrogens is 369 g/mol. The molecule has 0 spiro atoms. The number of benzene rings is 1. The van der Waals surface area contributed by atoms with Gasteiger partial charge in [-0.25, -0.2) is 9.97 Å². The summed E-state index contributed by atoms with van der Waals surface area (Å²) in [5.41, 5.74) is 3.28. The summed E-state index contributed by atoms with van der Waals surface area (Å²) in [6, 6.07) is 5.90. The Kier molecular flexibility index (Phi) is 5.35. The van der Waals surface area contributed by atoms with Gasteiger partial charge in [0.25, 0.3) is 0 Å². The molecule has 2 aliphatic carbocycles. The topological polar surface area (TPSA) is 58.0 Å². The standard InChI is InChI=1S/C20H23Cl2N3O/c21-16-10-5-12(11-17(16)22)19-24-18-4-2-1-3-15(18)20(25-19)23-13-6-8-14(26)9-7-13/h5,10-11,13-14,26H,1-4,6-9H2,(H,23,24,25). The second kappa shape index (κ2) is 7.71. The summed E-state index contributed by atoms with van der Waals surface area (Å²) >= 11 is 12.2. The number of aromatic nitrogens is 2. The van der Waals surface area contributed by atoms with E-state index in [0.29, 0.717) is 21.9 Å². The van der Waals surface area contributed by atoms with Crippen LogP contribution in [0.25, 0.3) is 11.4 Å². The number of anilines is 1. The molecule has 1 aromatic carbocycles. The van der Waals surface area contributed by atoms with Gasteiger partial charge in [0.05, 0.1) is 16.1 Å². The van der Waals surface area contributed by atoms with Crippen LogP contribution in [0, 0.1) is 0 Å².